The lowest BCUT2D eigenvalue weighted by Gasteiger charge is -2.34. The Balaban J connectivity index is 1.46. The minimum atomic E-state index is -4.39. The monoisotopic (exact) mass is 395 g/mol. The molecule has 0 saturated carbocycles. The van der Waals surface area contributed by atoms with Crippen LogP contribution in [0.25, 0.3) is 0 Å². The second kappa shape index (κ2) is 8.77. The van der Waals surface area contributed by atoms with Crippen LogP contribution >= 0.6 is 0 Å². The summed E-state index contributed by atoms with van der Waals surface area (Å²) in [7, 11) is 0. The Hall–Kier alpha value is -3.04. The van der Waals surface area contributed by atoms with Crippen molar-refractivity contribution in [2.24, 2.45) is 0 Å². The largest absolute Gasteiger partial charge is 0.484 e. The fraction of sp³-hybridized carbons (Fsp3) is 0.389. The van der Waals surface area contributed by atoms with Gasteiger partial charge in [-0.15, -0.1) is 0 Å². The smallest absolute Gasteiger partial charge is 0.422 e. The van der Waals surface area contributed by atoms with E-state index in [0.29, 0.717) is 37.7 Å². The molecule has 1 aromatic carbocycles. The van der Waals surface area contributed by atoms with Crippen molar-refractivity contribution in [1.29, 1.82) is 0 Å². The molecule has 3 rings (SSSR count). The number of ether oxygens (including phenoxy) is 1. The van der Waals surface area contributed by atoms with Gasteiger partial charge in [-0.2, -0.15) is 13.2 Å². The number of nitrogens with one attached hydrogen (secondary N) is 1. The molecule has 0 aliphatic carbocycles. The number of urea groups is 1. The van der Waals surface area contributed by atoms with Gasteiger partial charge in [0.25, 0.3) is 0 Å². The molecule has 0 bridgehead atoms. The van der Waals surface area contributed by atoms with Crippen LogP contribution in [0.3, 0.4) is 0 Å². The van der Waals surface area contributed by atoms with Crippen LogP contribution in [-0.4, -0.2) is 59.9 Å². The van der Waals surface area contributed by atoms with E-state index in [4.69, 9.17) is 4.74 Å². The lowest BCUT2D eigenvalue weighted by Crippen LogP contribution is -2.52. The third kappa shape index (κ3) is 5.73. The van der Waals surface area contributed by atoms with E-state index in [9.17, 15) is 18.0 Å². The number of aromatic nitrogens is 2. The minimum absolute atomic E-state index is 0.112. The summed E-state index contributed by atoms with van der Waals surface area (Å²) in [4.78, 5) is 24.4. The molecule has 0 spiro atoms. The van der Waals surface area contributed by atoms with E-state index in [0.717, 1.165) is 0 Å². The quantitative estimate of drug-likeness (QED) is 0.842. The van der Waals surface area contributed by atoms with Crippen molar-refractivity contribution in [3.05, 3.63) is 48.3 Å². The Labute approximate surface area is 160 Å². The van der Waals surface area contributed by atoms with Gasteiger partial charge in [-0.3, -0.25) is 0 Å². The Morgan fingerprint density at radius 3 is 2.50 bits per heavy atom. The average molecular weight is 395 g/mol. The van der Waals surface area contributed by atoms with E-state index in [1.54, 1.807) is 35.5 Å². The summed E-state index contributed by atoms with van der Waals surface area (Å²) in [5, 5.41) is 2.78. The number of amides is 2. The van der Waals surface area contributed by atoms with Crippen LogP contribution in [0.1, 0.15) is 5.56 Å². The molecular weight excluding hydrogens is 375 g/mol. The third-order valence-electron chi connectivity index (χ3n) is 4.15. The highest BCUT2D eigenvalue weighted by Gasteiger charge is 2.28. The summed E-state index contributed by atoms with van der Waals surface area (Å²) in [6, 6.07) is 7.75. The molecule has 150 valence electrons. The van der Waals surface area contributed by atoms with E-state index in [2.05, 4.69) is 15.3 Å². The van der Waals surface area contributed by atoms with E-state index >= 15 is 0 Å². The van der Waals surface area contributed by atoms with Crippen molar-refractivity contribution in [2.45, 2.75) is 12.7 Å². The van der Waals surface area contributed by atoms with Gasteiger partial charge < -0.3 is 19.9 Å². The van der Waals surface area contributed by atoms with E-state index in [1.807, 2.05) is 4.90 Å². The van der Waals surface area contributed by atoms with Gasteiger partial charge in [0.1, 0.15) is 5.75 Å². The number of anilines is 1. The predicted molar refractivity (Wildman–Crippen MR) is 96.0 cm³/mol. The van der Waals surface area contributed by atoms with E-state index in [1.165, 1.54) is 12.1 Å². The Kier molecular flexibility index (Phi) is 6.17. The van der Waals surface area contributed by atoms with Crippen molar-refractivity contribution in [1.82, 2.24) is 20.2 Å². The lowest BCUT2D eigenvalue weighted by atomic mass is 10.2. The van der Waals surface area contributed by atoms with Crippen molar-refractivity contribution >= 4 is 12.0 Å². The maximum atomic E-state index is 12.3. The highest BCUT2D eigenvalue weighted by atomic mass is 19.4. The van der Waals surface area contributed by atoms with Gasteiger partial charge in [-0.05, 0) is 23.8 Å². The summed E-state index contributed by atoms with van der Waals surface area (Å²) in [5.74, 6) is 0.749. The van der Waals surface area contributed by atoms with Gasteiger partial charge in [-0.1, -0.05) is 12.1 Å². The first-order valence-electron chi connectivity index (χ1n) is 8.74. The Morgan fingerprint density at radius 2 is 1.82 bits per heavy atom. The van der Waals surface area contributed by atoms with Gasteiger partial charge in [-0.25, -0.2) is 14.8 Å². The first kappa shape index (κ1) is 19.7. The molecule has 0 unspecified atom stereocenters. The molecule has 1 aliphatic heterocycles. The van der Waals surface area contributed by atoms with Crippen LogP contribution in [0.15, 0.2) is 42.7 Å². The molecule has 1 aliphatic rings. The highest BCUT2D eigenvalue weighted by Crippen LogP contribution is 2.19. The predicted octanol–water partition coefficient (Wildman–Crippen LogP) is 2.45. The van der Waals surface area contributed by atoms with Crippen molar-refractivity contribution in [3.63, 3.8) is 0 Å². The standard InChI is InChI=1S/C18H20F3N5O2/c19-18(20,21)13-28-15-4-1-3-14(11-15)12-24-17(27)26-9-7-25(8-10-26)16-22-5-2-6-23-16/h1-6,11H,7-10,12-13H2,(H,24,27). The van der Waals surface area contributed by atoms with Gasteiger partial charge in [0.2, 0.25) is 5.95 Å². The van der Waals surface area contributed by atoms with Gasteiger partial charge >= 0.3 is 12.2 Å². The topological polar surface area (TPSA) is 70.6 Å². The summed E-state index contributed by atoms with van der Waals surface area (Å²) in [6.07, 6.45) is -1.04. The van der Waals surface area contributed by atoms with Crippen molar-refractivity contribution in [2.75, 3.05) is 37.7 Å². The molecule has 1 N–H and O–H groups in total. The number of piperazine rings is 1. The number of rotatable bonds is 5. The van der Waals surface area contributed by atoms with E-state index < -0.39 is 12.8 Å². The van der Waals surface area contributed by atoms with Gasteiger partial charge in [0.05, 0.1) is 0 Å². The molecule has 0 radical (unpaired) electrons. The highest BCUT2D eigenvalue weighted by molar-refractivity contribution is 5.74. The zero-order valence-electron chi connectivity index (χ0n) is 15.0. The first-order chi connectivity index (χ1) is 13.4. The van der Waals surface area contributed by atoms with Crippen LogP contribution in [0.5, 0.6) is 5.75 Å². The van der Waals surface area contributed by atoms with Crippen LogP contribution in [0, 0.1) is 0 Å². The van der Waals surface area contributed by atoms with Crippen LogP contribution in [0.2, 0.25) is 0 Å². The molecular formula is C18H20F3N5O2. The fourth-order valence-electron chi connectivity index (χ4n) is 2.76. The molecule has 2 heterocycles. The Bertz CT molecular complexity index is 780. The Morgan fingerprint density at radius 1 is 1.11 bits per heavy atom. The van der Waals surface area contributed by atoms with Crippen molar-refractivity contribution < 1.29 is 22.7 Å². The minimum Gasteiger partial charge on any atom is -0.484 e. The number of halogens is 3. The maximum Gasteiger partial charge on any atom is 0.422 e. The number of hydrogen-bond donors (Lipinski definition) is 1. The molecule has 0 atom stereocenters. The van der Waals surface area contributed by atoms with Crippen molar-refractivity contribution in [3.8, 4) is 5.75 Å². The number of benzene rings is 1. The number of nitrogens with zero attached hydrogens (tertiary/aromatic N) is 4. The molecule has 1 saturated heterocycles. The number of hydrogen-bond acceptors (Lipinski definition) is 5. The van der Waals surface area contributed by atoms with Crippen LogP contribution in [-0.2, 0) is 6.54 Å². The number of carbonyl (C=O) groups is 1. The molecule has 10 heteroatoms. The van der Waals surface area contributed by atoms with Crippen LogP contribution < -0.4 is 15.0 Å². The SMILES string of the molecule is O=C(NCc1cccc(OCC(F)(F)F)c1)N1CCN(c2ncccn2)CC1. The van der Waals surface area contributed by atoms with Crippen LogP contribution in [0.4, 0.5) is 23.9 Å². The second-order valence-electron chi connectivity index (χ2n) is 6.23. The zero-order valence-corrected chi connectivity index (χ0v) is 15.0. The lowest BCUT2D eigenvalue weighted by molar-refractivity contribution is -0.153. The normalized spacial score (nSPS) is 14.7. The average Bonchev–Trinajstić information content (AvgIpc) is 2.71. The zero-order chi connectivity index (χ0) is 20.0. The molecule has 28 heavy (non-hydrogen) atoms. The third-order valence-corrected chi connectivity index (χ3v) is 4.15. The summed E-state index contributed by atoms with van der Waals surface area (Å²) < 4.78 is 41.4. The fourth-order valence-corrected chi connectivity index (χ4v) is 2.76. The maximum absolute atomic E-state index is 12.3. The summed E-state index contributed by atoms with van der Waals surface area (Å²) >= 11 is 0. The van der Waals surface area contributed by atoms with E-state index in [-0.39, 0.29) is 18.3 Å². The summed E-state index contributed by atoms with van der Waals surface area (Å²) in [6.45, 7) is 1.15. The van der Waals surface area contributed by atoms with Gasteiger partial charge in [0, 0.05) is 45.1 Å². The molecule has 7 nitrogen and oxygen atoms in total. The van der Waals surface area contributed by atoms with Gasteiger partial charge in [0.15, 0.2) is 6.61 Å². The molecule has 1 aromatic heterocycles. The number of carbonyl (C=O) groups excluding carboxylic acids is 1. The molecule has 2 amide bonds. The summed E-state index contributed by atoms with van der Waals surface area (Å²) in [5.41, 5.74) is 0.657. The second-order valence-corrected chi connectivity index (χ2v) is 6.23. The number of alkyl halides is 3. The molecule has 2 aromatic rings. The first-order valence-corrected chi connectivity index (χ1v) is 8.74. The molecule has 1 fully saturated rings.